The molecule has 0 radical (unpaired) electrons. The van der Waals surface area contributed by atoms with Gasteiger partial charge in [-0.3, -0.25) is 0 Å². The van der Waals surface area contributed by atoms with Crippen molar-refractivity contribution >= 4 is 0 Å². The standard InChI is InChI=1S/C16H25NO/c1-12-10-14(8-9-16(12)18-3)11-17-13(2)15-6-4-5-7-15/h8-10,13,15,17H,4-7,11H2,1-3H3. The van der Waals surface area contributed by atoms with Crippen molar-refractivity contribution in [1.29, 1.82) is 0 Å². The Bertz CT molecular complexity index is 383. The van der Waals surface area contributed by atoms with Crippen molar-refractivity contribution in [2.45, 2.75) is 52.1 Å². The Balaban J connectivity index is 1.87. The Kier molecular flexibility index (Phi) is 4.65. The normalized spacial score (nSPS) is 17.9. The summed E-state index contributed by atoms with van der Waals surface area (Å²) in [5.41, 5.74) is 2.56. The molecule has 0 aliphatic heterocycles. The Morgan fingerprint density at radius 2 is 2.06 bits per heavy atom. The van der Waals surface area contributed by atoms with Crippen LogP contribution in [0.1, 0.15) is 43.7 Å². The highest BCUT2D eigenvalue weighted by atomic mass is 16.5. The third-order valence-corrected chi connectivity index (χ3v) is 4.19. The zero-order valence-corrected chi connectivity index (χ0v) is 11.8. The lowest BCUT2D eigenvalue weighted by atomic mass is 9.99. The van der Waals surface area contributed by atoms with Crippen LogP contribution in [0, 0.1) is 12.8 Å². The summed E-state index contributed by atoms with van der Waals surface area (Å²) in [7, 11) is 1.72. The number of hydrogen-bond acceptors (Lipinski definition) is 2. The van der Waals surface area contributed by atoms with Crippen LogP contribution in [0.2, 0.25) is 0 Å². The van der Waals surface area contributed by atoms with Gasteiger partial charge in [-0.2, -0.15) is 0 Å². The molecule has 1 unspecified atom stereocenters. The average Bonchev–Trinajstić information content (AvgIpc) is 2.90. The average molecular weight is 247 g/mol. The molecule has 0 heterocycles. The molecular weight excluding hydrogens is 222 g/mol. The van der Waals surface area contributed by atoms with Crippen LogP contribution in [0.15, 0.2) is 18.2 Å². The van der Waals surface area contributed by atoms with Gasteiger partial charge in [0.05, 0.1) is 7.11 Å². The molecule has 1 N–H and O–H groups in total. The van der Waals surface area contributed by atoms with Gasteiger partial charge in [-0.05, 0) is 49.8 Å². The highest BCUT2D eigenvalue weighted by molar-refractivity contribution is 5.36. The van der Waals surface area contributed by atoms with Crippen LogP contribution in [0.4, 0.5) is 0 Å². The van der Waals surface area contributed by atoms with Gasteiger partial charge in [-0.15, -0.1) is 0 Å². The van der Waals surface area contributed by atoms with Gasteiger partial charge < -0.3 is 10.1 Å². The molecule has 2 heteroatoms. The van der Waals surface area contributed by atoms with Gasteiger partial charge in [-0.25, -0.2) is 0 Å². The Labute approximate surface area is 111 Å². The zero-order chi connectivity index (χ0) is 13.0. The molecule has 0 aromatic heterocycles. The summed E-state index contributed by atoms with van der Waals surface area (Å²) in [6, 6.07) is 7.06. The van der Waals surface area contributed by atoms with E-state index >= 15 is 0 Å². The molecule has 0 amide bonds. The van der Waals surface area contributed by atoms with Crippen LogP contribution in [-0.2, 0) is 6.54 Å². The van der Waals surface area contributed by atoms with Crippen LogP contribution in [-0.4, -0.2) is 13.2 Å². The third kappa shape index (κ3) is 3.26. The van der Waals surface area contributed by atoms with Crippen LogP contribution in [0.25, 0.3) is 0 Å². The Morgan fingerprint density at radius 1 is 1.33 bits per heavy atom. The van der Waals surface area contributed by atoms with E-state index in [2.05, 4.69) is 37.4 Å². The number of rotatable bonds is 5. The molecule has 1 fully saturated rings. The summed E-state index contributed by atoms with van der Waals surface area (Å²) in [5.74, 6) is 1.85. The van der Waals surface area contributed by atoms with Crippen LogP contribution in [0.3, 0.4) is 0 Å². The van der Waals surface area contributed by atoms with Crippen LogP contribution in [0.5, 0.6) is 5.75 Å². The van der Waals surface area contributed by atoms with E-state index in [9.17, 15) is 0 Å². The SMILES string of the molecule is COc1ccc(CNC(C)C2CCCC2)cc1C. The lowest BCUT2D eigenvalue weighted by molar-refractivity contribution is 0.380. The summed E-state index contributed by atoms with van der Waals surface area (Å²) < 4.78 is 5.29. The lowest BCUT2D eigenvalue weighted by Gasteiger charge is -2.20. The Hall–Kier alpha value is -1.02. The second-order valence-electron chi connectivity index (χ2n) is 5.52. The molecular formula is C16H25NO. The number of nitrogens with one attached hydrogen (secondary N) is 1. The van der Waals surface area contributed by atoms with Crippen molar-refractivity contribution < 1.29 is 4.74 Å². The molecule has 1 aromatic rings. The first kappa shape index (κ1) is 13.4. The van der Waals surface area contributed by atoms with Gasteiger partial charge >= 0.3 is 0 Å². The van der Waals surface area contributed by atoms with Crippen molar-refractivity contribution in [3.05, 3.63) is 29.3 Å². The van der Waals surface area contributed by atoms with Crippen LogP contribution >= 0.6 is 0 Å². The summed E-state index contributed by atoms with van der Waals surface area (Å²) >= 11 is 0. The van der Waals surface area contributed by atoms with E-state index in [0.29, 0.717) is 6.04 Å². The van der Waals surface area contributed by atoms with Gasteiger partial charge in [-0.1, -0.05) is 25.0 Å². The molecule has 1 aromatic carbocycles. The van der Waals surface area contributed by atoms with Crippen molar-refractivity contribution in [3.63, 3.8) is 0 Å². The molecule has 1 saturated carbocycles. The monoisotopic (exact) mass is 247 g/mol. The lowest BCUT2D eigenvalue weighted by Crippen LogP contribution is -2.31. The first-order valence-electron chi connectivity index (χ1n) is 7.07. The van der Waals surface area contributed by atoms with Crippen molar-refractivity contribution in [2.75, 3.05) is 7.11 Å². The molecule has 0 spiro atoms. The molecule has 18 heavy (non-hydrogen) atoms. The predicted octanol–water partition coefficient (Wildman–Crippen LogP) is 3.67. The first-order chi connectivity index (χ1) is 8.70. The van der Waals surface area contributed by atoms with E-state index in [4.69, 9.17) is 4.74 Å². The number of aryl methyl sites for hydroxylation is 1. The molecule has 2 rings (SSSR count). The maximum absolute atomic E-state index is 5.29. The molecule has 1 aliphatic rings. The van der Waals surface area contributed by atoms with Crippen molar-refractivity contribution in [2.24, 2.45) is 5.92 Å². The highest BCUT2D eigenvalue weighted by Gasteiger charge is 2.20. The van der Waals surface area contributed by atoms with E-state index in [-0.39, 0.29) is 0 Å². The topological polar surface area (TPSA) is 21.3 Å². The largest absolute Gasteiger partial charge is 0.496 e. The summed E-state index contributed by atoms with van der Waals surface area (Å²) in [6.45, 7) is 5.39. The summed E-state index contributed by atoms with van der Waals surface area (Å²) in [6.07, 6.45) is 5.63. The first-order valence-corrected chi connectivity index (χ1v) is 7.07. The summed E-state index contributed by atoms with van der Waals surface area (Å²) in [5, 5.41) is 3.66. The number of hydrogen-bond donors (Lipinski definition) is 1. The second kappa shape index (κ2) is 6.24. The molecule has 0 bridgehead atoms. The zero-order valence-electron chi connectivity index (χ0n) is 11.8. The van der Waals surface area contributed by atoms with Crippen molar-refractivity contribution in [3.8, 4) is 5.75 Å². The fourth-order valence-electron chi connectivity index (χ4n) is 2.95. The van der Waals surface area contributed by atoms with E-state index < -0.39 is 0 Å². The second-order valence-corrected chi connectivity index (χ2v) is 5.52. The highest BCUT2D eigenvalue weighted by Crippen LogP contribution is 2.27. The molecule has 0 saturated heterocycles. The maximum Gasteiger partial charge on any atom is 0.121 e. The van der Waals surface area contributed by atoms with E-state index in [1.54, 1.807) is 7.11 Å². The third-order valence-electron chi connectivity index (χ3n) is 4.19. The van der Waals surface area contributed by atoms with Gasteiger partial charge in [0.1, 0.15) is 5.75 Å². The fraction of sp³-hybridized carbons (Fsp3) is 0.625. The Morgan fingerprint density at radius 3 is 2.67 bits per heavy atom. The smallest absolute Gasteiger partial charge is 0.121 e. The van der Waals surface area contributed by atoms with E-state index in [0.717, 1.165) is 18.2 Å². The van der Waals surface area contributed by atoms with Gasteiger partial charge in [0, 0.05) is 12.6 Å². The minimum absolute atomic E-state index is 0.634. The van der Waals surface area contributed by atoms with Gasteiger partial charge in [0.25, 0.3) is 0 Å². The van der Waals surface area contributed by atoms with Crippen molar-refractivity contribution in [1.82, 2.24) is 5.32 Å². The molecule has 100 valence electrons. The predicted molar refractivity (Wildman–Crippen MR) is 76.0 cm³/mol. The number of benzene rings is 1. The van der Waals surface area contributed by atoms with Gasteiger partial charge in [0.15, 0.2) is 0 Å². The van der Waals surface area contributed by atoms with Crippen LogP contribution < -0.4 is 10.1 Å². The maximum atomic E-state index is 5.29. The number of ether oxygens (including phenoxy) is 1. The minimum atomic E-state index is 0.634. The van der Waals surface area contributed by atoms with E-state index in [1.807, 2.05) is 0 Å². The van der Waals surface area contributed by atoms with E-state index in [1.165, 1.54) is 36.8 Å². The van der Waals surface area contributed by atoms with Gasteiger partial charge in [0.2, 0.25) is 0 Å². The molecule has 2 nitrogen and oxygen atoms in total. The summed E-state index contributed by atoms with van der Waals surface area (Å²) in [4.78, 5) is 0. The quantitative estimate of drug-likeness (QED) is 0.857. The number of methoxy groups -OCH3 is 1. The molecule has 1 aliphatic carbocycles. The molecule has 1 atom stereocenters. The fourth-order valence-corrected chi connectivity index (χ4v) is 2.95. The minimum Gasteiger partial charge on any atom is -0.496 e.